The van der Waals surface area contributed by atoms with Crippen molar-refractivity contribution in [3.05, 3.63) is 265 Å². The highest BCUT2D eigenvalue weighted by Gasteiger charge is 2.51. The normalized spacial score (nSPS) is 13.2. The van der Waals surface area contributed by atoms with Crippen molar-refractivity contribution < 1.29 is 4.42 Å². The van der Waals surface area contributed by atoms with E-state index in [-0.39, 0.29) is 0 Å². The number of fused-ring (bicyclic) bond motifs is 13. The average Bonchev–Trinajstić information content (AvgIpc) is 4.05. The average molecular weight is 882 g/mol. The summed E-state index contributed by atoms with van der Waals surface area (Å²) in [6, 6.07) is 74.3. The number of benzene rings is 9. The molecule has 2 aromatic heterocycles. The Morgan fingerprint density at radius 2 is 0.928 bits per heavy atom. The van der Waals surface area contributed by atoms with Gasteiger partial charge in [0, 0.05) is 27.5 Å². The summed E-state index contributed by atoms with van der Waals surface area (Å²) >= 11 is 0. The molecule has 0 unspecified atom stereocenters. The summed E-state index contributed by atoms with van der Waals surface area (Å²) in [5, 5.41) is 2.21. The van der Waals surface area contributed by atoms with E-state index in [0.29, 0.717) is 17.5 Å². The number of hydrogen-bond acceptors (Lipinski definition) is 4. The zero-order chi connectivity index (χ0) is 46.1. The third-order valence-corrected chi connectivity index (χ3v) is 14.1. The minimum Gasteiger partial charge on any atom is -0.456 e. The van der Waals surface area contributed by atoms with Crippen LogP contribution in [0.25, 0.3) is 106 Å². The van der Waals surface area contributed by atoms with Gasteiger partial charge in [0.1, 0.15) is 11.2 Å². The van der Waals surface area contributed by atoms with E-state index in [1.807, 2.05) is 49.4 Å². The first-order valence-electron chi connectivity index (χ1n) is 23.5. The quantitative estimate of drug-likeness (QED) is 0.143. The number of para-hydroxylation sites is 1. The summed E-state index contributed by atoms with van der Waals surface area (Å²) in [6.45, 7) is 5.90. The van der Waals surface area contributed by atoms with Gasteiger partial charge >= 0.3 is 0 Å². The minimum atomic E-state index is -0.399. The van der Waals surface area contributed by atoms with Gasteiger partial charge in [0.25, 0.3) is 0 Å². The Morgan fingerprint density at radius 1 is 0.435 bits per heavy atom. The molecule has 11 aromatic rings. The maximum Gasteiger partial charge on any atom is 0.164 e. The number of rotatable bonds is 8. The topological polar surface area (TPSA) is 51.8 Å². The van der Waals surface area contributed by atoms with E-state index in [1.54, 1.807) is 6.08 Å². The monoisotopic (exact) mass is 881 g/mol. The Labute approximate surface area is 401 Å². The lowest BCUT2D eigenvalue weighted by atomic mass is 9.70. The van der Waals surface area contributed by atoms with Crippen molar-refractivity contribution in [3.8, 4) is 78.4 Å². The summed E-state index contributed by atoms with van der Waals surface area (Å²) in [4.78, 5) is 15.3. The first-order chi connectivity index (χ1) is 34.1. The first kappa shape index (κ1) is 40.3. The molecule has 0 atom stereocenters. The molecule has 2 aliphatic carbocycles. The van der Waals surface area contributed by atoms with Crippen molar-refractivity contribution in [3.63, 3.8) is 0 Å². The number of furan rings is 1. The molecule has 0 fully saturated rings. The van der Waals surface area contributed by atoms with Gasteiger partial charge in [-0.05, 0) is 115 Å². The predicted octanol–water partition coefficient (Wildman–Crippen LogP) is 16.6. The van der Waals surface area contributed by atoms with Crippen LogP contribution in [0.3, 0.4) is 0 Å². The molecule has 324 valence electrons. The van der Waals surface area contributed by atoms with Gasteiger partial charge in [0.05, 0.1) is 5.41 Å². The van der Waals surface area contributed by atoms with Crippen LogP contribution in [0.4, 0.5) is 0 Å². The second-order valence-corrected chi connectivity index (χ2v) is 17.8. The molecule has 4 heteroatoms. The Kier molecular flexibility index (Phi) is 9.41. The van der Waals surface area contributed by atoms with Crippen LogP contribution in [0.5, 0.6) is 0 Å². The number of hydrogen-bond donors (Lipinski definition) is 0. The van der Waals surface area contributed by atoms with E-state index in [4.69, 9.17) is 19.4 Å². The molecular weight excluding hydrogens is 839 g/mol. The van der Waals surface area contributed by atoms with Gasteiger partial charge in [0.2, 0.25) is 0 Å². The van der Waals surface area contributed by atoms with Crippen molar-refractivity contribution >= 4 is 27.5 Å². The van der Waals surface area contributed by atoms with Gasteiger partial charge in [-0.3, -0.25) is 0 Å². The molecule has 0 radical (unpaired) electrons. The molecule has 13 rings (SSSR count). The van der Waals surface area contributed by atoms with Crippen LogP contribution >= 0.6 is 0 Å². The van der Waals surface area contributed by atoms with Crippen LogP contribution in [0.15, 0.2) is 242 Å². The van der Waals surface area contributed by atoms with E-state index in [0.717, 1.165) is 66.5 Å². The van der Waals surface area contributed by atoms with Crippen LogP contribution < -0.4 is 0 Å². The highest BCUT2D eigenvalue weighted by atomic mass is 16.3. The summed E-state index contributed by atoms with van der Waals surface area (Å²) in [5.41, 5.74) is 21.3. The fraction of sp³-hybridized carbons (Fsp3) is 0.0308. The van der Waals surface area contributed by atoms with E-state index in [1.165, 1.54) is 50.1 Å². The third kappa shape index (κ3) is 6.33. The van der Waals surface area contributed by atoms with Gasteiger partial charge < -0.3 is 4.42 Å². The van der Waals surface area contributed by atoms with Crippen LogP contribution in [-0.4, -0.2) is 15.0 Å². The lowest BCUT2D eigenvalue weighted by Crippen LogP contribution is -2.25. The first-order valence-corrected chi connectivity index (χ1v) is 23.5. The van der Waals surface area contributed by atoms with Crippen LogP contribution in [0, 0.1) is 0 Å². The van der Waals surface area contributed by atoms with E-state index >= 15 is 0 Å². The molecule has 0 N–H and O–H groups in total. The smallest absolute Gasteiger partial charge is 0.164 e. The molecular formula is C65H43N3O. The fourth-order valence-corrected chi connectivity index (χ4v) is 11.0. The molecule has 2 aliphatic rings. The van der Waals surface area contributed by atoms with Crippen molar-refractivity contribution in [2.75, 3.05) is 0 Å². The van der Waals surface area contributed by atoms with Gasteiger partial charge in [-0.1, -0.05) is 207 Å². The van der Waals surface area contributed by atoms with Crippen LogP contribution in [0.1, 0.15) is 35.0 Å². The molecule has 0 saturated carbocycles. The van der Waals surface area contributed by atoms with E-state index in [2.05, 4.69) is 189 Å². The summed E-state index contributed by atoms with van der Waals surface area (Å²) in [7, 11) is 0. The lowest BCUT2D eigenvalue weighted by molar-refractivity contribution is 0.669. The molecule has 4 nitrogen and oxygen atoms in total. The zero-order valence-corrected chi connectivity index (χ0v) is 37.9. The van der Waals surface area contributed by atoms with E-state index in [9.17, 15) is 0 Å². The maximum atomic E-state index is 6.22. The van der Waals surface area contributed by atoms with Gasteiger partial charge in [-0.2, -0.15) is 0 Å². The summed E-state index contributed by atoms with van der Waals surface area (Å²) < 4.78 is 6.22. The van der Waals surface area contributed by atoms with Gasteiger partial charge in [0.15, 0.2) is 17.5 Å². The Bertz CT molecular complexity index is 3880. The summed E-state index contributed by atoms with van der Waals surface area (Å²) in [5.74, 6) is 1.78. The molecule has 0 amide bonds. The Morgan fingerprint density at radius 3 is 1.58 bits per heavy atom. The standard InChI is InChI=1S/C65H43N3O/c1-3-5-17-41(4-2)62-66-63(43-34-32-42(33-35-43)49-26-16-31-60-61(49)54-25-9-13-30-59(54)69-60)68-64(67-62)48-21-15-20-46(39-48)44-18-14-19-45(38-44)47-36-37-53-52-24-8-12-29-57(52)65(58(53)40-47)55-27-10-6-22-50(55)51-23-7-11-28-56(51)65/h3-40H,1H2,2H3/b17-5-,41-4+. The van der Waals surface area contributed by atoms with Crippen molar-refractivity contribution in [2.24, 2.45) is 0 Å². The predicted molar refractivity (Wildman–Crippen MR) is 284 cm³/mol. The molecule has 0 bridgehead atoms. The SMILES string of the molecule is C=C/C=C\C(=C/C)c1nc(-c2ccc(-c3cccc4oc5ccccc5c34)cc2)nc(-c2cccc(-c3cccc(-c4ccc5c(c4)C4(c6ccccc6-c6ccccc64)c4ccccc4-5)c3)c2)n1. The summed E-state index contributed by atoms with van der Waals surface area (Å²) in [6.07, 6.45) is 7.68. The van der Waals surface area contributed by atoms with Crippen molar-refractivity contribution in [1.29, 1.82) is 0 Å². The number of allylic oxidation sites excluding steroid dienone is 5. The molecule has 0 aliphatic heterocycles. The molecule has 1 spiro atoms. The number of nitrogens with zero attached hydrogens (tertiary/aromatic N) is 3. The second kappa shape index (κ2) is 16.1. The molecule has 2 heterocycles. The second-order valence-electron chi connectivity index (χ2n) is 17.8. The van der Waals surface area contributed by atoms with Crippen LogP contribution in [0.2, 0.25) is 0 Å². The minimum absolute atomic E-state index is 0.399. The molecule has 9 aromatic carbocycles. The Hall–Kier alpha value is -8.99. The third-order valence-electron chi connectivity index (χ3n) is 14.1. The fourth-order valence-electron chi connectivity index (χ4n) is 11.0. The zero-order valence-electron chi connectivity index (χ0n) is 37.9. The molecule has 69 heavy (non-hydrogen) atoms. The molecule has 0 saturated heterocycles. The van der Waals surface area contributed by atoms with Gasteiger partial charge in [-0.15, -0.1) is 0 Å². The Balaban J connectivity index is 0.884. The van der Waals surface area contributed by atoms with E-state index < -0.39 is 5.41 Å². The van der Waals surface area contributed by atoms with Crippen molar-refractivity contribution in [2.45, 2.75) is 12.3 Å². The van der Waals surface area contributed by atoms with Gasteiger partial charge in [-0.25, -0.2) is 15.0 Å². The largest absolute Gasteiger partial charge is 0.456 e. The van der Waals surface area contributed by atoms with Crippen molar-refractivity contribution in [1.82, 2.24) is 15.0 Å². The highest BCUT2D eigenvalue weighted by Crippen LogP contribution is 2.63. The maximum absolute atomic E-state index is 6.22. The lowest BCUT2D eigenvalue weighted by Gasteiger charge is -2.30. The number of aromatic nitrogens is 3. The highest BCUT2D eigenvalue weighted by molar-refractivity contribution is 6.12. The van der Waals surface area contributed by atoms with Crippen LogP contribution in [-0.2, 0) is 5.41 Å².